The zero-order valence-corrected chi connectivity index (χ0v) is 11.9. The van der Waals surface area contributed by atoms with E-state index in [0.717, 1.165) is 0 Å². The second-order valence-electron chi connectivity index (χ2n) is 3.90. The third-order valence-corrected chi connectivity index (χ3v) is 2.68. The minimum atomic E-state index is -0.680. The van der Waals surface area contributed by atoms with Crippen molar-refractivity contribution in [2.45, 2.75) is 6.92 Å². The lowest BCUT2D eigenvalue weighted by atomic mass is 10.1. The molecular formula is C12H13BrFNO3. The SMILES string of the molecule is CC(=O)c1cc(Br)cc(F)c1OCC(=O)N(C)C. The van der Waals surface area contributed by atoms with E-state index in [1.165, 1.54) is 24.0 Å². The van der Waals surface area contributed by atoms with Gasteiger partial charge in [0.05, 0.1) is 5.56 Å². The number of ether oxygens (including phenoxy) is 1. The molecule has 0 aromatic heterocycles. The number of amides is 1. The molecule has 4 nitrogen and oxygen atoms in total. The summed E-state index contributed by atoms with van der Waals surface area (Å²) in [5.74, 6) is -1.52. The van der Waals surface area contributed by atoms with Crippen molar-refractivity contribution in [3.05, 3.63) is 28.0 Å². The molecule has 0 aliphatic heterocycles. The first-order valence-corrected chi connectivity index (χ1v) is 5.95. The van der Waals surface area contributed by atoms with Gasteiger partial charge in [0, 0.05) is 18.6 Å². The average Bonchev–Trinajstić information content (AvgIpc) is 2.26. The van der Waals surface area contributed by atoms with Crippen LogP contribution in [-0.4, -0.2) is 37.3 Å². The third-order valence-electron chi connectivity index (χ3n) is 2.23. The third kappa shape index (κ3) is 3.53. The van der Waals surface area contributed by atoms with E-state index >= 15 is 0 Å². The van der Waals surface area contributed by atoms with Gasteiger partial charge in [0.25, 0.3) is 5.91 Å². The molecule has 0 atom stereocenters. The van der Waals surface area contributed by atoms with Gasteiger partial charge in [-0.05, 0) is 19.1 Å². The Morgan fingerprint density at radius 2 is 2.00 bits per heavy atom. The molecule has 1 rings (SSSR count). The smallest absolute Gasteiger partial charge is 0.259 e. The van der Waals surface area contributed by atoms with Gasteiger partial charge in [-0.15, -0.1) is 0 Å². The van der Waals surface area contributed by atoms with E-state index in [1.807, 2.05) is 0 Å². The van der Waals surface area contributed by atoms with Gasteiger partial charge in [-0.1, -0.05) is 15.9 Å². The Hall–Kier alpha value is -1.43. The van der Waals surface area contributed by atoms with Crippen LogP contribution in [0.4, 0.5) is 4.39 Å². The summed E-state index contributed by atoms with van der Waals surface area (Å²) < 4.78 is 19.2. The van der Waals surface area contributed by atoms with E-state index in [2.05, 4.69) is 15.9 Å². The van der Waals surface area contributed by atoms with Gasteiger partial charge in [0.1, 0.15) is 0 Å². The molecule has 1 amide bonds. The molecule has 6 heteroatoms. The van der Waals surface area contributed by atoms with Crippen LogP contribution in [0, 0.1) is 5.82 Å². The number of Topliss-reactive ketones (excluding diaryl/α,β-unsaturated/α-hetero) is 1. The predicted octanol–water partition coefficient (Wildman–Crippen LogP) is 2.26. The molecule has 0 heterocycles. The Kier molecular flexibility index (Phi) is 4.84. The summed E-state index contributed by atoms with van der Waals surface area (Å²) >= 11 is 3.10. The lowest BCUT2D eigenvalue weighted by Gasteiger charge is -2.14. The van der Waals surface area contributed by atoms with Crippen molar-refractivity contribution in [1.29, 1.82) is 0 Å². The number of benzene rings is 1. The number of nitrogens with zero attached hydrogens (tertiary/aromatic N) is 1. The van der Waals surface area contributed by atoms with Crippen molar-refractivity contribution in [3.63, 3.8) is 0 Å². The lowest BCUT2D eigenvalue weighted by Crippen LogP contribution is -2.28. The van der Waals surface area contributed by atoms with Crippen LogP contribution in [0.25, 0.3) is 0 Å². The number of hydrogen-bond donors (Lipinski definition) is 0. The predicted molar refractivity (Wildman–Crippen MR) is 68.3 cm³/mol. The topological polar surface area (TPSA) is 46.6 Å². The maximum Gasteiger partial charge on any atom is 0.259 e. The quantitative estimate of drug-likeness (QED) is 0.800. The minimum absolute atomic E-state index is 0.105. The van der Waals surface area contributed by atoms with E-state index in [1.54, 1.807) is 14.1 Å². The summed E-state index contributed by atoms with van der Waals surface area (Å²) in [5, 5.41) is 0. The fourth-order valence-corrected chi connectivity index (χ4v) is 1.66. The molecule has 0 spiro atoms. The van der Waals surface area contributed by atoms with E-state index < -0.39 is 5.82 Å². The Labute approximate surface area is 113 Å². The number of likely N-dealkylation sites (N-methyl/N-ethyl adjacent to an activating group) is 1. The molecular weight excluding hydrogens is 305 g/mol. The molecule has 0 bridgehead atoms. The van der Waals surface area contributed by atoms with Crippen LogP contribution in [0.15, 0.2) is 16.6 Å². The summed E-state index contributed by atoms with van der Waals surface area (Å²) in [6.07, 6.45) is 0. The fourth-order valence-electron chi connectivity index (χ4n) is 1.23. The highest BCUT2D eigenvalue weighted by Gasteiger charge is 2.17. The molecule has 98 valence electrons. The molecule has 0 aliphatic rings. The Morgan fingerprint density at radius 1 is 1.39 bits per heavy atom. The van der Waals surface area contributed by atoms with Crippen LogP contribution in [-0.2, 0) is 4.79 Å². The molecule has 0 saturated carbocycles. The molecule has 0 fully saturated rings. The maximum atomic E-state index is 13.7. The number of hydrogen-bond acceptors (Lipinski definition) is 3. The van der Waals surface area contributed by atoms with Crippen LogP contribution in [0.5, 0.6) is 5.75 Å². The fraction of sp³-hybridized carbons (Fsp3) is 0.333. The maximum absolute atomic E-state index is 13.7. The zero-order valence-electron chi connectivity index (χ0n) is 10.3. The molecule has 1 aromatic rings. The Morgan fingerprint density at radius 3 is 2.50 bits per heavy atom. The van der Waals surface area contributed by atoms with Gasteiger partial charge >= 0.3 is 0 Å². The van der Waals surface area contributed by atoms with Crippen molar-refractivity contribution in [2.75, 3.05) is 20.7 Å². The lowest BCUT2D eigenvalue weighted by molar-refractivity contribution is -0.130. The van der Waals surface area contributed by atoms with Crippen molar-refractivity contribution in [1.82, 2.24) is 4.90 Å². The summed E-state index contributed by atoms with van der Waals surface area (Å²) in [4.78, 5) is 24.1. The highest BCUT2D eigenvalue weighted by molar-refractivity contribution is 9.10. The highest BCUT2D eigenvalue weighted by atomic mass is 79.9. The Bertz CT molecular complexity index is 488. The van der Waals surface area contributed by atoms with E-state index in [-0.39, 0.29) is 29.6 Å². The van der Waals surface area contributed by atoms with Crippen LogP contribution in [0.1, 0.15) is 17.3 Å². The van der Waals surface area contributed by atoms with Gasteiger partial charge < -0.3 is 9.64 Å². The van der Waals surface area contributed by atoms with Crippen LogP contribution < -0.4 is 4.74 Å². The molecule has 0 N–H and O–H groups in total. The van der Waals surface area contributed by atoms with Gasteiger partial charge in [-0.25, -0.2) is 4.39 Å². The van der Waals surface area contributed by atoms with Crippen molar-refractivity contribution in [2.24, 2.45) is 0 Å². The number of halogens is 2. The van der Waals surface area contributed by atoms with Crippen molar-refractivity contribution in [3.8, 4) is 5.75 Å². The second kappa shape index (κ2) is 5.95. The minimum Gasteiger partial charge on any atom is -0.480 e. The molecule has 18 heavy (non-hydrogen) atoms. The van der Waals surface area contributed by atoms with Gasteiger partial charge in [-0.2, -0.15) is 0 Å². The average molecular weight is 318 g/mol. The molecule has 0 radical (unpaired) electrons. The number of ketones is 1. The van der Waals surface area contributed by atoms with Gasteiger partial charge in [-0.3, -0.25) is 9.59 Å². The number of rotatable bonds is 4. The molecule has 0 saturated heterocycles. The monoisotopic (exact) mass is 317 g/mol. The van der Waals surface area contributed by atoms with Crippen molar-refractivity contribution < 1.29 is 18.7 Å². The first kappa shape index (κ1) is 14.6. The molecule has 1 aromatic carbocycles. The van der Waals surface area contributed by atoms with Crippen molar-refractivity contribution >= 4 is 27.6 Å². The normalized spacial score (nSPS) is 10.1. The standard InChI is InChI=1S/C12H13BrFNO3/c1-7(16)9-4-8(13)5-10(14)12(9)18-6-11(17)15(2)3/h4-5H,6H2,1-3H3. The first-order chi connectivity index (χ1) is 8.32. The second-order valence-corrected chi connectivity index (χ2v) is 4.81. The van der Waals surface area contributed by atoms with Crippen LogP contribution in [0.3, 0.4) is 0 Å². The summed E-state index contributed by atoms with van der Waals surface area (Å²) in [6.45, 7) is 0.994. The van der Waals surface area contributed by atoms with Gasteiger partial charge in [0.15, 0.2) is 24.0 Å². The Balaban J connectivity index is 3.01. The number of carbonyl (C=O) groups is 2. The summed E-state index contributed by atoms with van der Waals surface area (Å²) in [7, 11) is 3.13. The van der Waals surface area contributed by atoms with E-state index in [0.29, 0.717) is 4.47 Å². The van der Waals surface area contributed by atoms with E-state index in [4.69, 9.17) is 4.74 Å². The largest absolute Gasteiger partial charge is 0.480 e. The summed E-state index contributed by atoms with van der Waals surface area (Å²) in [5.41, 5.74) is 0.105. The summed E-state index contributed by atoms with van der Waals surface area (Å²) in [6, 6.07) is 2.64. The van der Waals surface area contributed by atoms with Crippen LogP contribution in [0.2, 0.25) is 0 Å². The zero-order chi connectivity index (χ0) is 13.9. The molecule has 0 unspecified atom stereocenters. The highest BCUT2D eigenvalue weighted by Crippen LogP contribution is 2.27. The van der Waals surface area contributed by atoms with E-state index in [9.17, 15) is 14.0 Å². The molecule has 0 aliphatic carbocycles. The van der Waals surface area contributed by atoms with Crippen LogP contribution >= 0.6 is 15.9 Å². The first-order valence-electron chi connectivity index (χ1n) is 5.16. The number of carbonyl (C=O) groups excluding carboxylic acids is 2. The van der Waals surface area contributed by atoms with Gasteiger partial charge in [0.2, 0.25) is 0 Å².